The summed E-state index contributed by atoms with van der Waals surface area (Å²) < 4.78 is 7.35. The van der Waals surface area contributed by atoms with Crippen LogP contribution in [0.1, 0.15) is 86.6 Å². The van der Waals surface area contributed by atoms with Crippen LogP contribution < -0.4 is 4.90 Å². The van der Waals surface area contributed by atoms with Crippen LogP contribution in [0.2, 0.25) is 0 Å². The molecule has 0 spiro atoms. The van der Waals surface area contributed by atoms with Crippen molar-refractivity contribution in [3.05, 3.63) is 47.3 Å². The quantitative estimate of drug-likeness (QED) is 0.521. The average Bonchev–Trinajstić information content (AvgIpc) is 3.69. The van der Waals surface area contributed by atoms with Crippen LogP contribution in [0.4, 0.5) is 10.5 Å². The Kier molecular flexibility index (Phi) is 6.09. The van der Waals surface area contributed by atoms with E-state index in [-0.39, 0.29) is 24.1 Å². The zero-order valence-electron chi connectivity index (χ0n) is 21.4. The van der Waals surface area contributed by atoms with Crippen molar-refractivity contribution in [2.75, 3.05) is 12.0 Å². The first kappa shape index (κ1) is 23.9. The zero-order chi connectivity index (χ0) is 25.7. The molecular formula is C28H33N5O4. The Hall–Kier alpha value is -3.49. The van der Waals surface area contributed by atoms with Crippen LogP contribution in [0.3, 0.4) is 0 Å². The third kappa shape index (κ3) is 4.34. The largest absolute Gasteiger partial charge is 0.481 e. The summed E-state index contributed by atoms with van der Waals surface area (Å²) in [4.78, 5) is 40.8. The Balaban J connectivity index is 1.47. The number of fused-ring (bicyclic) bond motifs is 3. The van der Waals surface area contributed by atoms with Gasteiger partial charge in [0.1, 0.15) is 5.82 Å². The zero-order valence-corrected chi connectivity index (χ0v) is 21.4. The number of carboxylic acids is 1. The highest BCUT2D eigenvalue weighted by Crippen LogP contribution is 2.41. The second-order valence-electron chi connectivity index (χ2n) is 10.8. The van der Waals surface area contributed by atoms with Gasteiger partial charge in [-0.1, -0.05) is 6.42 Å². The summed E-state index contributed by atoms with van der Waals surface area (Å²) in [6.45, 7) is 2.04. The second kappa shape index (κ2) is 9.43. The molecule has 1 aromatic carbocycles. The minimum Gasteiger partial charge on any atom is -0.481 e. The first-order chi connectivity index (χ1) is 17.9. The number of aliphatic carboxylic acids is 1. The molecule has 3 aromatic rings. The molecule has 0 unspecified atom stereocenters. The molecule has 3 heterocycles. The fraction of sp³-hybridized carbons (Fsp3) is 0.536. The Bertz CT molecular complexity index is 1360. The highest BCUT2D eigenvalue weighted by Gasteiger charge is 2.34. The molecule has 0 bridgehead atoms. The molecule has 0 saturated heterocycles. The number of ether oxygens (including phenoxy) is 1. The lowest BCUT2D eigenvalue weighted by atomic mass is 9.85. The summed E-state index contributed by atoms with van der Waals surface area (Å²) >= 11 is 0. The number of carbonyl (C=O) groups is 2. The lowest BCUT2D eigenvalue weighted by Crippen LogP contribution is -2.42. The normalized spacial score (nSPS) is 23.6. The van der Waals surface area contributed by atoms with Gasteiger partial charge in [0.15, 0.2) is 0 Å². The number of imidazole rings is 1. The van der Waals surface area contributed by atoms with Gasteiger partial charge in [0.2, 0.25) is 0 Å². The number of hydrogen-bond acceptors (Lipinski definition) is 6. The topological polar surface area (TPSA) is 110 Å². The van der Waals surface area contributed by atoms with E-state index in [9.17, 15) is 14.7 Å². The molecule has 2 saturated carbocycles. The molecule has 9 heteroatoms. The number of nitrogens with zero attached hydrogens (tertiary/aromatic N) is 5. The molecule has 9 nitrogen and oxygen atoms in total. The number of benzene rings is 1. The molecule has 1 N–H and O–H groups in total. The first-order valence-corrected chi connectivity index (χ1v) is 13.4. The Morgan fingerprint density at radius 2 is 1.95 bits per heavy atom. The van der Waals surface area contributed by atoms with Crippen LogP contribution in [0, 0.1) is 5.92 Å². The lowest BCUT2D eigenvalue weighted by molar-refractivity contribution is -0.143. The van der Waals surface area contributed by atoms with E-state index in [1.54, 1.807) is 4.90 Å². The van der Waals surface area contributed by atoms with E-state index in [4.69, 9.17) is 14.7 Å². The second-order valence-corrected chi connectivity index (χ2v) is 10.8. The summed E-state index contributed by atoms with van der Waals surface area (Å²) in [5.74, 6) is 0.318. The predicted molar refractivity (Wildman–Crippen MR) is 138 cm³/mol. The van der Waals surface area contributed by atoms with Crippen molar-refractivity contribution in [1.29, 1.82) is 0 Å². The molecule has 1 aliphatic heterocycles. The number of carbonyl (C=O) groups excluding carboxylic acids is 1. The van der Waals surface area contributed by atoms with E-state index in [0.29, 0.717) is 25.2 Å². The Labute approximate surface area is 215 Å². The van der Waals surface area contributed by atoms with E-state index in [1.807, 2.05) is 31.5 Å². The van der Waals surface area contributed by atoms with Gasteiger partial charge < -0.3 is 14.4 Å². The maximum Gasteiger partial charge on any atom is 0.414 e. The van der Waals surface area contributed by atoms with E-state index in [1.165, 1.54) is 7.11 Å². The fourth-order valence-corrected chi connectivity index (χ4v) is 6.22. The molecule has 6 rings (SSSR count). The molecule has 2 fully saturated rings. The molecule has 2 aliphatic carbocycles. The number of anilines is 1. The first-order valence-electron chi connectivity index (χ1n) is 13.4. The van der Waals surface area contributed by atoms with Crippen molar-refractivity contribution < 1.29 is 19.4 Å². The van der Waals surface area contributed by atoms with Crippen molar-refractivity contribution in [2.45, 2.75) is 82.7 Å². The van der Waals surface area contributed by atoms with Gasteiger partial charge in [0, 0.05) is 42.4 Å². The van der Waals surface area contributed by atoms with E-state index in [0.717, 1.165) is 78.0 Å². The summed E-state index contributed by atoms with van der Waals surface area (Å²) in [5, 5.41) is 9.75. The van der Waals surface area contributed by atoms with Crippen molar-refractivity contribution in [3.8, 4) is 0 Å². The third-order valence-electron chi connectivity index (χ3n) is 8.30. The van der Waals surface area contributed by atoms with Crippen LogP contribution in [0.5, 0.6) is 0 Å². The molecular weight excluding hydrogens is 470 g/mol. The molecule has 2 aromatic heterocycles. The van der Waals surface area contributed by atoms with Gasteiger partial charge in [-0.25, -0.2) is 9.78 Å². The van der Waals surface area contributed by atoms with Crippen LogP contribution >= 0.6 is 0 Å². The van der Waals surface area contributed by atoms with Crippen molar-refractivity contribution >= 4 is 28.8 Å². The molecule has 3 atom stereocenters. The van der Waals surface area contributed by atoms with Gasteiger partial charge in [-0.3, -0.25) is 19.7 Å². The smallest absolute Gasteiger partial charge is 0.414 e. The Morgan fingerprint density at radius 1 is 1.11 bits per heavy atom. The molecule has 3 aliphatic rings. The molecule has 0 radical (unpaired) electrons. The molecule has 194 valence electrons. The summed E-state index contributed by atoms with van der Waals surface area (Å²) in [7, 11) is 1.41. The number of rotatable bonds is 5. The van der Waals surface area contributed by atoms with Crippen molar-refractivity contribution in [1.82, 2.24) is 19.5 Å². The predicted octanol–water partition coefficient (Wildman–Crippen LogP) is 5.02. The summed E-state index contributed by atoms with van der Waals surface area (Å²) in [5.41, 5.74) is 5.70. The number of aryl methyl sites for hydroxylation is 1. The highest BCUT2D eigenvalue weighted by atomic mass is 16.5. The van der Waals surface area contributed by atoms with Gasteiger partial charge in [-0.2, -0.15) is 0 Å². The van der Waals surface area contributed by atoms with Crippen molar-refractivity contribution in [3.63, 3.8) is 0 Å². The average molecular weight is 504 g/mol. The SMILES string of the molecule is COC(=O)N1c2ccc3c(nc(Cc4cncc(C5CC5)n4)n3[C@@H]3CCC[C@@H](C(=O)O)C3)c2CC[C@@H]1C. The van der Waals surface area contributed by atoms with Crippen LogP contribution in [-0.2, 0) is 22.4 Å². The van der Waals surface area contributed by atoms with Gasteiger partial charge in [-0.05, 0) is 64.0 Å². The van der Waals surface area contributed by atoms with Gasteiger partial charge in [-0.15, -0.1) is 0 Å². The van der Waals surface area contributed by atoms with Gasteiger partial charge >= 0.3 is 12.1 Å². The fourth-order valence-electron chi connectivity index (χ4n) is 6.22. The third-order valence-corrected chi connectivity index (χ3v) is 8.30. The van der Waals surface area contributed by atoms with Gasteiger partial charge in [0.25, 0.3) is 0 Å². The maximum absolute atomic E-state index is 12.6. The monoisotopic (exact) mass is 503 g/mol. The molecule has 1 amide bonds. The van der Waals surface area contributed by atoms with Crippen LogP contribution in [0.15, 0.2) is 24.5 Å². The van der Waals surface area contributed by atoms with E-state index in [2.05, 4.69) is 9.55 Å². The number of methoxy groups -OCH3 is 1. The van der Waals surface area contributed by atoms with E-state index >= 15 is 0 Å². The number of amides is 1. The van der Waals surface area contributed by atoms with Crippen LogP contribution in [0.25, 0.3) is 11.0 Å². The number of carboxylic acid groups (broad SMARTS) is 1. The lowest BCUT2D eigenvalue weighted by Gasteiger charge is -2.34. The maximum atomic E-state index is 12.6. The highest BCUT2D eigenvalue weighted by molar-refractivity contribution is 5.95. The van der Waals surface area contributed by atoms with E-state index < -0.39 is 5.97 Å². The number of hydrogen-bond donors (Lipinski definition) is 1. The Morgan fingerprint density at radius 3 is 2.70 bits per heavy atom. The van der Waals surface area contributed by atoms with Crippen LogP contribution in [-0.4, -0.2) is 49.8 Å². The minimum absolute atomic E-state index is 0.0362. The van der Waals surface area contributed by atoms with Crippen molar-refractivity contribution in [2.24, 2.45) is 5.92 Å². The summed E-state index contributed by atoms with van der Waals surface area (Å²) in [6.07, 6.45) is 10.9. The number of aromatic nitrogens is 4. The minimum atomic E-state index is -0.723. The van der Waals surface area contributed by atoms with Gasteiger partial charge in [0.05, 0.1) is 41.1 Å². The molecule has 37 heavy (non-hydrogen) atoms. The standard InChI is InChI=1S/C28H33N5O4/c1-16-6-9-21-23(32(16)28(36)37-2)10-11-24-26(21)31-25(13-19-14-29-15-22(30-19)17-7-8-17)33(24)20-5-3-4-18(12-20)27(34)35/h10-11,14-18,20H,3-9,12-13H2,1-2H3,(H,34,35)/t16-,18+,20+/m0/s1. The summed E-state index contributed by atoms with van der Waals surface area (Å²) in [6, 6.07) is 4.12.